The number of ether oxygens (including phenoxy) is 1. The molecule has 1 aromatic carbocycles. The van der Waals surface area contributed by atoms with Gasteiger partial charge in [0.2, 0.25) is 5.88 Å². The Balaban J connectivity index is 2.02. The lowest BCUT2D eigenvalue weighted by atomic mass is 10.3. The van der Waals surface area contributed by atoms with E-state index in [4.69, 9.17) is 4.74 Å². The number of nitrogens with one attached hydrogen (secondary N) is 1. The Hall–Kier alpha value is -2.63. The average Bonchev–Trinajstić information content (AvgIpc) is 2.78. The van der Waals surface area contributed by atoms with Gasteiger partial charge in [0, 0.05) is 6.07 Å². The van der Waals surface area contributed by atoms with Crippen LogP contribution in [0.3, 0.4) is 0 Å². The van der Waals surface area contributed by atoms with Crippen LogP contribution in [-0.2, 0) is 0 Å². The maximum Gasteiger partial charge on any atom is 0.248 e. The molecule has 2 heterocycles. The molecule has 3 aromatic rings. The van der Waals surface area contributed by atoms with Crippen LogP contribution in [0, 0.1) is 0 Å². The molecular weight excluding hydrogens is 220 g/mol. The zero-order valence-corrected chi connectivity index (χ0v) is 8.66. The molecule has 0 aliphatic rings. The molecule has 0 radical (unpaired) electrons. The van der Waals surface area contributed by atoms with Gasteiger partial charge in [-0.2, -0.15) is 4.98 Å². The lowest BCUT2D eigenvalue weighted by Gasteiger charge is -2.04. The molecule has 0 amide bonds. The molecule has 0 unspecified atom stereocenters. The van der Waals surface area contributed by atoms with Gasteiger partial charge in [0.05, 0.1) is 6.33 Å². The van der Waals surface area contributed by atoms with Crippen molar-refractivity contribution in [2.45, 2.75) is 0 Å². The quantitative estimate of drug-likeness (QED) is 0.699. The molecule has 6 nitrogen and oxygen atoms in total. The number of aromatic nitrogens is 4. The molecule has 0 aliphatic carbocycles. The topological polar surface area (TPSA) is 83.9 Å². The van der Waals surface area contributed by atoms with Crippen LogP contribution in [0.25, 0.3) is 11.2 Å². The largest absolute Gasteiger partial charge is 0.508 e. The number of hydrogen-bond acceptors (Lipinski definition) is 5. The maximum absolute atomic E-state index is 9.33. The fraction of sp³-hybridized carbons (Fsp3) is 0. The molecular formula is C11H8N4O2. The van der Waals surface area contributed by atoms with E-state index in [2.05, 4.69) is 19.9 Å². The first kappa shape index (κ1) is 9.59. The monoisotopic (exact) mass is 228 g/mol. The Labute approximate surface area is 95.9 Å². The first-order chi connectivity index (χ1) is 8.33. The zero-order valence-electron chi connectivity index (χ0n) is 8.66. The van der Waals surface area contributed by atoms with Crippen molar-refractivity contribution in [3.63, 3.8) is 0 Å². The van der Waals surface area contributed by atoms with Crippen LogP contribution in [0.5, 0.6) is 17.4 Å². The van der Waals surface area contributed by atoms with Crippen molar-refractivity contribution in [2.24, 2.45) is 0 Å². The number of benzene rings is 1. The molecule has 6 heteroatoms. The van der Waals surface area contributed by atoms with Crippen LogP contribution in [0.4, 0.5) is 0 Å². The number of phenols is 1. The summed E-state index contributed by atoms with van der Waals surface area (Å²) in [4.78, 5) is 14.9. The number of hydrogen-bond donors (Lipinski definition) is 2. The van der Waals surface area contributed by atoms with E-state index in [1.54, 1.807) is 18.2 Å². The van der Waals surface area contributed by atoms with E-state index in [1.807, 2.05) is 0 Å². The minimum atomic E-state index is 0.136. The smallest absolute Gasteiger partial charge is 0.248 e. The van der Waals surface area contributed by atoms with Gasteiger partial charge >= 0.3 is 0 Å². The molecule has 0 aliphatic heterocycles. The van der Waals surface area contributed by atoms with E-state index in [-0.39, 0.29) is 5.75 Å². The summed E-state index contributed by atoms with van der Waals surface area (Å²) < 4.78 is 5.55. The number of H-pyrrole nitrogens is 1. The standard InChI is InChI=1S/C11H8N4O2/c16-7-2-1-3-8(4-7)17-11-9-10(13-5-12-9)14-6-15-11/h1-6,16H,(H,12,13,14,15). The van der Waals surface area contributed by atoms with Gasteiger partial charge in [-0.1, -0.05) is 6.07 Å². The predicted octanol–water partition coefficient (Wildman–Crippen LogP) is 1.85. The van der Waals surface area contributed by atoms with E-state index < -0.39 is 0 Å². The summed E-state index contributed by atoms with van der Waals surface area (Å²) in [6, 6.07) is 6.49. The summed E-state index contributed by atoms with van der Waals surface area (Å²) in [5.74, 6) is 1.01. The van der Waals surface area contributed by atoms with Gasteiger partial charge in [0.25, 0.3) is 0 Å². The fourth-order valence-electron chi connectivity index (χ4n) is 1.48. The first-order valence-corrected chi connectivity index (χ1v) is 4.94. The summed E-state index contributed by atoms with van der Waals surface area (Å²) in [7, 11) is 0. The third-order valence-electron chi connectivity index (χ3n) is 2.22. The molecule has 0 saturated carbocycles. The maximum atomic E-state index is 9.33. The number of nitrogens with zero attached hydrogens (tertiary/aromatic N) is 3. The third-order valence-corrected chi connectivity index (χ3v) is 2.22. The summed E-state index contributed by atoms with van der Waals surface area (Å²) in [6.07, 6.45) is 2.90. The van der Waals surface area contributed by atoms with Crippen LogP contribution in [0.1, 0.15) is 0 Å². The Kier molecular flexibility index (Phi) is 2.11. The molecule has 0 spiro atoms. The van der Waals surface area contributed by atoms with Crippen LogP contribution >= 0.6 is 0 Å². The Morgan fingerprint density at radius 2 is 2.12 bits per heavy atom. The lowest BCUT2D eigenvalue weighted by Crippen LogP contribution is -1.90. The third kappa shape index (κ3) is 1.76. The highest BCUT2D eigenvalue weighted by Crippen LogP contribution is 2.26. The number of aromatic hydroxyl groups is 1. The number of aromatic amines is 1. The van der Waals surface area contributed by atoms with Crippen LogP contribution in [-0.4, -0.2) is 25.0 Å². The molecule has 0 saturated heterocycles. The van der Waals surface area contributed by atoms with Crippen LogP contribution in [0.2, 0.25) is 0 Å². The molecule has 2 aromatic heterocycles. The fourth-order valence-corrected chi connectivity index (χ4v) is 1.48. The summed E-state index contributed by atoms with van der Waals surface area (Å²) in [5.41, 5.74) is 1.16. The van der Waals surface area contributed by atoms with Gasteiger partial charge in [-0.15, -0.1) is 0 Å². The van der Waals surface area contributed by atoms with Gasteiger partial charge in [0.1, 0.15) is 23.3 Å². The van der Waals surface area contributed by atoms with Crippen molar-refractivity contribution >= 4 is 11.2 Å². The molecule has 84 valence electrons. The van der Waals surface area contributed by atoms with Crippen LogP contribution < -0.4 is 4.74 Å². The molecule has 0 atom stereocenters. The molecule has 17 heavy (non-hydrogen) atoms. The first-order valence-electron chi connectivity index (χ1n) is 4.94. The molecule has 0 fully saturated rings. The van der Waals surface area contributed by atoms with Crippen molar-refractivity contribution in [2.75, 3.05) is 0 Å². The second-order valence-corrected chi connectivity index (χ2v) is 3.38. The highest BCUT2D eigenvalue weighted by atomic mass is 16.5. The van der Waals surface area contributed by atoms with Gasteiger partial charge in [0.15, 0.2) is 5.65 Å². The highest BCUT2D eigenvalue weighted by molar-refractivity contribution is 5.75. The molecule has 2 N–H and O–H groups in total. The van der Waals surface area contributed by atoms with Crippen molar-refractivity contribution in [3.05, 3.63) is 36.9 Å². The SMILES string of the molecule is Oc1cccc(Oc2ncnc3nc[nH]c23)c1. The molecule has 0 bridgehead atoms. The minimum Gasteiger partial charge on any atom is -0.508 e. The zero-order chi connectivity index (χ0) is 11.7. The minimum absolute atomic E-state index is 0.136. The Morgan fingerprint density at radius 1 is 1.18 bits per heavy atom. The Morgan fingerprint density at radius 3 is 3.00 bits per heavy atom. The van der Waals surface area contributed by atoms with Gasteiger partial charge in [-0.05, 0) is 12.1 Å². The second kappa shape index (κ2) is 3.75. The van der Waals surface area contributed by atoms with Crippen molar-refractivity contribution in [3.8, 4) is 17.4 Å². The van der Waals surface area contributed by atoms with E-state index in [0.717, 1.165) is 0 Å². The number of rotatable bonds is 2. The average molecular weight is 228 g/mol. The van der Waals surface area contributed by atoms with E-state index in [9.17, 15) is 5.11 Å². The second-order valence-electron chi connectivity index (χ2n) is 3.38. The van der Waals surface area contributed by atoms with E-state index in [0.29, 0.717) is 22.8 Å². The highest BCUT2D eigenvalue weighted by Gasteiger charge is 2.07. The summed E-state index contributed by atoms with van der Waals surface area (Å²) in [5, 5.41) is 9.33. The predicted molar refractivity (Wildman–Crippen MR) is 59.9 cm³/mol. The van der Waals surface area contributed by atoms with Gasteiger partial charge in [-0.25, -0.2) is 9.97 Å². The normalized spacial score (nSPS) is 10.6. The molecule has 3 rings (SSSR count). The van der Waals surface area contributed by atoms with Crippen molar-refractivity contribution < 1.29 is 9.84 Å². The van der Waals surface area contributed by atoms with Crippen molar-refractivity contribution in [1.29, 1.82) is 0 Å². The van der Waals surface area contributed by atoms with Crippen LogP contribution in [0.15, 0.2) is 36.9 Å². The Bertz CT molecular complexity index is 665. The van der Waals surface area contributed by atoms with Gasteiger partial charge < -0.3 is 14.8 Å². The number of imidazole rings is 1. The lowest BCUT2D eigenvalue weighted by molar-refractivity contribution is 0.448. The number of phenolic OH excluding ortho intramolecular Hbond substituents is 1. The van der Waals surface area contributed by atoms with E-state index >= 15 is 0 Å². The van der Waals surface area contributed by atoms with Crippen molar-refractivity contribution in [1.82, 2.24) is 19.9 Å². The van der Waals surface area contributed by atoms with E-state index in [1.165, 1.54) is 18.7 Å². The summed E-state index contributed by atoms with van der Waals surface area (Å²) >= 11 is 0. The van der Waals surface area contributed by atoms with Gasteiger partial charge in [-0.3, -0.25) is 0 Å². The number of fused-ring (bicyclic) bond motifs is 1. The summed E-state index contributed by atoms with van der Waals surface area (Å²) in [6.45, 7) is 0.